The molecule has 0 spiro atoms. The molecule has 7 nitrogen and oxygen atoms in total. The van der Waals surface area contributed by atoms with Crippen LogP contribution in [0.1, 0.15) is 16.1 Å². The molecule has 1 heterocycles. The number of aromatic nitrogens is 1. The van der Waals surface area contributed by atoms with Gasteiger partial charge in [0.2, 0.25) is 5.88 Å². The number of ether oxygens (including phenoxy) is 1. The molecule has 2 rings (SSSR count). The van der Waals surface area contributed by atoms with Crippen LogP contribution in [0.2, 0.25) is 0 Å². The van der Waals surface area contributed by atoms with Gasteiger partial charge in [-0.3, -0.25) is 10.1 Å². The molecule has 0 radical (unpaired) electrons. The number of aryl methyl sites for hydroxylation is 1. The highest BCUT2D eigenvalue weighted by Gasteiger charge is 2.14. The molecule has 0 atom stereocenters. The summed E-state index contributed by atoms with van der Waals surface area (Å²) < 4.78 is 5.37. The Balaban J connectivity index is 2.31. The number of hydrogen-bond donors (Lipinski definition) is 1. The number of nitrogens with zero attached hydrogens (tertiary/aromatic N) is 2. The SMILES string of the molecule is Cc1ccc(C(=O)O)c(Oc2ccc([N+](=O)[O-])cc2)n1. The molecule has 20 heavy (non-hydrogen) atoms. The lowest BCUT2D eigenvalue weighted by molar-refractivity contribution is -0.384. The molecule has 0 bridgehead atoms. The molecule has 1 aromatic carbocycles. The summed E-state index contributed by atoms with van der Waals surface area (Å²) in [6.07, 6.45) is 0. The summed E-state index contributed by atoms with van der Waals surface area (Å²) in [5.74, 6) is -0.933. The van der Waals surface area contributed by atoms with Crippen LogP contribution in [0.3, 0.4) is 0 Å². The summed E-state index contributed by atoms with van der Waals surface area (Å²) in [6, 6.07) is 8.26. The van der Waals surface area contributed by atoms with E-state index in [4.69, 9.17) is 9.84 Å². The summed E-state index contributed by atoms with van der Waals surface area (Å²) >= 11 is 0. The van der Waals surface area contributed by atoms with Crippen molar-refractivity contribution in [2.75, 3.05) is 0 Å². The van der Waals surface area contributed by atoms with Crippen LogP contribution < -0.4 is 4.74 Å². The molecule has 0 aliphatic rings. The molecule has 0 aliphatic carbocycles. The summed E-state index contributed by atoms with van der Waals surface area (Å²) in [5.41, 5.74) is 0.453. The smallest absolute Gasteiger partial charge is 0.341 e. The number of rotatable bonds is 4. The van der Waals surface area contributed by atoms with Gasteiger partial charge in [-0.2, -0.15) is 0 Å². The van der Waals surface area contributed by atoms with E-state index in [9.17, 15) is 14.9 Å². The van der Waals surface area contributed by atoms with E-state index in [1.54, 1.807) is 13.0 Å². The lowest BCUT2D eigenvalue weighted by atomic mass is 10.2. The molecule has 1 aromatic heterocycles. The zero-order valence-electron chi connectivity index (χ0n) is 10.4. The van der Waals surface area contributed by atoms with Crippen molar-refractivity contribution in [1.29, 1.82) is 0 Å². The fourth-order valence-electron chi connectivity index (χ4n) is 1.52. The Morgan fingerprint density at radius 2 is 1.90 bits per heavy atom. The topological polar surface area (TPSA) is 103 Å². The quantitative estimate of drug-likeness (QED) is 0.679. The number of non-ortho nitro benzene ring substituents is 1. The Morgan fingerprint density at radius 1 is 1.25 bits per heavy atom. The van der Waals surface area contributed by atoms with Crippen LogP contribution in [0, 0.1) is 17.0 Å². The van der Waals surface area contributed by atoms with Crippen molar-refractivity contribution >= 4 is 11.7 Å². The number of aromatic carboxylic acids is 1. The van der Waals surface area contributed by atoms with Gasteiger partial charge in [0.1, 0.15) is 11.3 Å². The second kappa shape index (κ2) is 5.35. The molecule has 0 saturated heterocycles. The van der Waals surface area contributed by atoms with E-state index in [1.807, 2.05) is 0 Å². The zero-order valence-corrected chi connectivity index (χ0v) is 10.4. The minimum absolute atomic E-state index is 0.0497. The van der Waals surface area contributed by atoms with Crippen molar-refractivity contribution in [3.63, 3.8) is 0 Å². The van der Waals surface area contributed by atoms with Crippen LogP contribution in [-0.4, -0.2) is 21.0 Å². The summed E-state index contributed by atoms with van der Waals surface area (Å²) in [4.78, 5) is 25.1. The molecule has 2 aromatic rings. The van der Waals surface area contributed by atoms with Crippen molar-refractivity contribution in [2.45, 2.75) is 6.92 Å². The lowest BCUT2D eigenvalue weighted by Gasteiger charge is -2.08. The monoisotopic (exact) mass is 274 g/mol. The van der Waals surface area contributed by atoms with Crippen LogP contribution in [0.4, 0.5) is 5.69 Å². The van der Waals surface area contributed by atoms with Gasteiger partial charge in [0.25, 0.3) is 5.69 Å². The highest BCUT2D eigenvalue weighted by atomic mass is 16.6. The van der Waals surface area contributed by atoms with Crippen LogP contribution in [0.5, 0.6) is 11.6 Å². The fraction of sp³-hybridized carbons (Fsp3) is 0.0769. The van der Waals surface area contributed by atoms with Gasteiger partial charge < -0.3 is 9.84 Å². The molecular weight excluding hydrogens is 264 g/mol. The van der Waals surface area contributed by atoms with Crippen LogP contribution in [-0.2, 0) is 0 Å². The second-order valence-electron chi connectivity index (χ2n) is 3.96. The maximum absolute atomic E-state index is 11.1. The number of carboxylic acids is 1. The van der Waals surface area contributed by atoms with Crippen molar-refractivity contribution in [3.05, 3.63) is 57.8 Å². The van der Waals surface area contributed by atoms with Crippen molar-refractivity contribution in [2.24, 2.45) is 0 Å². The number of carbonyl (C=O) groups is 1. The van der Waals surface area contributed by atoms with E-state index in [0.29, 0.717) is 5.69 Å². The third-order valence-corrected chi connectivity index (χ3v) is 2.49. The van der Waals surface area contributed by atoms with E-state index in [1.165, 1.54) is 30.3 Å². The van der Waals surface area contributed by atoms with Gasteiger partial charge >= 0.3 is 5.97 Å². The molecular formula is C13H10N2O5. The number of nitro benzene ring substituents is 1. The van der Waals surface area contributed by atoms with Gasteiger partial charge in [0.05, 0.1) is 4.92 Å². The van der Waals surface area contributed by atoms with Gasteiger partial charge in [0.15, 0.2) is 0 Å². The van der Waals surface area contributed by atoms with Gasteiger partial charge in [-0.25, -0.2) is 9.78 Å². The van der Waals surface area contributed by atoms with E-state index < -0.39 is 10.9 Å². The van der Waals surface area contributed by atoms with Crippen LogP contribution in [0.15, 0.2) is 36.4 Å². The third-order valence-electron chi connectivity index (χ3n) is 2.49. The zero-order chi connectivity index (χ0) is 14.7. The molecule has 0 saturated carbocycles. The average molecular weight is 274 g/mol. The Hall–Kier alpha value is -2.96. The Bertz CT molecular complexity index is 667. The van der Waals surface area contributed by atoms with Crippen LogP contribution >= 0.6 is 0 Å². The van der Waals surface area contributed by atoms with E-state index in [2.05, 4.69) is 4.98 Å². The number of nitro groups is 1. The summed E-state index contributed by atoms with van der Waals surface area (Å²) in [5, 5.41) is 19.6. The predicted molar refractivity (Wildman–Crippen MR) is 69.1 cm³/mol. The Morgan fingerprint density at radius 3 is 2.45 bits per heavy atom. The number of hydrogen-bond acceptors (Lipinski definition) is 5. The fourth-order valence-corrected chi connectivity index (χ4v) is 1.52. The first-order valence-corrected chi connectivity index (χ1v) is 5.60. The first-order valence-electron chi connectivity index (χ1n) is 5.60. The van der Waals surface area contributed by atoms with Crippen molar-refractivity contribution in [3.8, 4) is 11.6 Å². The molecule has 0 unspecified atom stereocenters. The molecule has 102 valence electrons. The van der Waals surface area contributed by atoms with E-state index in [-0.39, 0.29) is 22.9 Å². The first kappa shape index (κ1) is 13.5. The minimum atomic E-state index is -1.16. The number of carboxylic acid groups (broad SMARTS) is 1. The van der Waals surface area contributed by atoms with Gasteiger partial charge in [-0.1, -0.05) is 0 Å². The molecule has 7 heteroatoms. The summed E-state index contributed by atoms with van der Waals surface area (Å²) in [7, 11) is 0. The van der Waals surface area contributed by atoms with E-state index >= 15 is 0 Å². The Kier molecular flexibility index (Phi) is 3.60. The Labute approximate surface area is 113 Å². The van der Waals surface area contributed by atoms with Crippen molar-refractivity contribution < 1.29 is 19.6 Å². The third kappa shape index (κ3) is 2.89. The second-order valence-corrected chi connectivity index (χ2v) is 3.96. The maximum Gasteiger partial charge on any atom is 0.341 e. The largest absolute Gasteiger partial charge is 0.477 e. The van der Waals surface area contributed by atoms with E-state index in [0.717, 1.165) is 0 Å². The van der Waals surface area contributed by atoms with Crippen molar-refractivity contribution in [1.82, 2.24) is 4.98 Å². The normalized spacial score (nSPS) is 10.1. The lowest BCUT2D eigenvalue weighted by Crippen LogP contribution is -2.02. The molecule has 0 amide bonds. The highest BCUT2D eigenvalue weighted by molar-refractivity contribution is 5.90. The standard InChI is InChI=1S/C13H10N2O5/c1-8-2-7-11(13(16)17)12(14-8)20-10-5-3-9(4-6-10)15(18)19/h2-7H,1H3,(H,16,17). The average Bonchev–Trinajstić information content (AvgIpc) is 2.39. The predicted octanol–water partition coefficient (Wildman–Crippen LogP) is 2.79. The van der Waals surface area contributed by atoms with Gasteiger partial charge in [-0.05, 0) is 31.2 Å². The minimum Gasteiger partial charge on any atom is -0.477 e. The highest BCUT2D eigenvalue weighted by Crippen LogP contribution is 2.25. The van der Waals surface area contributed by atoms with Gasteiger partial charge in [-0.15, -0.1) is 0 Å². The molecule has 1 N–H and O–H groups in total. The number of benzene rings is 1. The van der Waals surface area contributed by atoms with Crippen LogP contribution in [0.25, 0.3) is 0 Å². The number of pyridine rings is 1. The molecule has 0 aliphatic heterocycles. The maximum atomic E-state index is 11.1. The first-order chi connectivity index (χ1) is 9.47. The summed E-state index contributed by atoms with van der Waals surface area (Å²) in [6.45, 7) is 1.70. The van der Waals surface area contributed by atoms with Gasteiger partial charge in [0, 0.05) is 17.8 Å². The molecule has 0 fully saturated rings.